The van der Waals surface area contributed by atoms with Crippen LogP contribution in [0.5, 0.6) is 11.5 Å². The summed E-state index contributed by atoms with van der Waals surface area (Å²) in [6.45, 7) is 0.893. The number of anilines is 1. The maximum absolute atomic E-state index is 13.3. The number of ether oxygens (including phenoxy) is 3. The normalized spacial score (nSPS) is 16.7. The van der Waals surface area contributed by atoms with Crippen molar-refractivity contribution in [3.63, 3.8) is 0 Å². The van der Waals surface area contributed by atoms with Crippen molar-refractivity contribution in [2.24, 2.45) is 0 Å². The van der Waals surface area contributed by atoms with Gasteiger partial charge in [0.05, 0.1) is 12.8 Å². The summed E-state index contributed by atoms with van der Waals surface area (Å²) in [5.41, 5.74) is 3.41. The number of methoxy groups -OCH3 is 1. The number of ketones is 1. The second-order valence-corrected chi connectivity index (χ2v) is 9.78. The second kappa shape index (κ2) is 8.53. The molecule has 1 N–H and O–H groups in total. The van der Waals surface area contributed by atoms with Crippen LogP contribution in [-0.2, 0) is 19.6 Å². The van der Waals surface area contributed by atoms with Crippen molar-refractivity contribution < 1.29 is 32.2 Å². The molecule has 0 aliphatic carbocycles. The molecule has 0 unspecified atom stereocenters. The molecule has 1 aromatic heterocycles. The lowest BCUT2D eigenvalue weighted by molar-refractivity contribution is -0.137. The number of esters is 1. The molecule has 2 aliphatic heterocycles. The van der Waals surface area contributed by atoms with Crippen molar-refractivity contribution in [2.45, 2.75) is 12.3 Å². The SMILES string of the molecule is COC(=O)CS(=O)(=O)Nc1ccc([C@H]2CC(=O)c3cc4c(cc3-n3cccc32)OCCO4)cc1. The Morgan fingerprint density at radius 2 is 1.82 bits per heavy atom. The van der Waals surface area contributed by atoms with Gasteiger partial charge in [-0.05, 0) is 35.9 Å². The van der Waals surface area contributed by atoms with Crippen LogP contribution in [0.3, 0.4) is 0 Å². The standard InChI is InChI=1S/C24H22N2O7S/c1-31-24(28)14-34(29,30)25-16-6-4-15(5-7-16)17-11-21(27)18-12-22-23(33-10-9-32-22)13-20(18)26-8-2-3-19(17)26/h2-8,12-13,17,25H,9-11,14H2,1H3/t17-/m1/s1. The fourth-order valence-corrected chi connectivity index (χ4v) is 5.30. The Bertz CT molecular complexity index is 1380. The van der Waals surface area contributed by atoms with Crippen LogP contribution < -0.4 is 14.2 Å². The predicted octanol–water partition coefficient (Wildman–Crippen LogP) is 2.88. The van der Waals surface area contributed by atoms with Gasteiger partial charge in [0.2, 0.25) is 10.0 Å². The minimum absolute atomic E-state index is 0.0245. The van der Waals surface area contributed by atoms with Crippen molar-refractivity contribution >= 4 is 27.5 Å². The van der Waals surface area contributed by atoms with Gasteiger partial charge in [-0.15, -0.1) is 0 Å². The van der Waals surface area contributed by atoms with Crippen LogP contribution in [-0.4, -0.2) is 50.8 Å². The monoisotopic (exact) mass is 482 g/mol. The van der Waals surface area contributed by atoms with Gasteiger partial charge in [0, 0.05) is 41.5 Å². The molecule has 0 fully saturated rings. The average molecular weight is 483 g/mol. The van der Waals surface area contributed by atoms with Crippen LogP contribution in [0.2, 0.25) is 0 Å². The number of Topliss-reactive ketones (excluding diaryl/α,β-unsaturated/α-hetero) is 1. The summed E-state index contributed by atoms with van der Waals surface area (Å²) in [4.78, 5) is 24.6. The average Bonchev–Trinajstić information content (AvgIpc) is 3.27. The zero-order chi connectivity index (χ0) is 23.9. The van der Waals surface area contributed by atoms with Crippen molar-refractivity contribution in [1.29, 1.82) is 0 Å². The molecule has 10 heteroatoms. The number of benzene rings is 2. The van der Waals surface area contributed by atoms with Gasteiger partial charge in [-0.3, -0.25) is 14.3 Å². The van der Waals surface area contributed by atoms with E-state index in [-0.39, 0.29) is 18.1 Å². The largest absolute Gasteiger partial charge is 0.486 e. The molecule has 0 saturated heterocycles. The summed E-state index contributed by atoms with van der Waals surface area (Å²) in [5, 5.41) is 0. The molecule has 5 rings (SSSR count). The van der Waals surface area contributed by atoms with Crippen LogP contribution in [0, 0.1) is 0 Å². The zero-order valence-electron chi connectivity index (χ0n) is 18.3. The Labute approximate surface area is 196 Å². The smallest absolute Gasteiger partial charge is 0.322 e. The van der Waals surface area contributed by atoms with E-state index in [2.05, 4.69) is 9.46 Å². The first-order chi connectivity index (χ1) is 16.3. The number of nitrogens with zero attached hydrogens (tertiary/aromatic N) is 1. The summed E-state index contributed by atoms with van der Waals surface area (Å²) >= 11 is 0. The van der Waals surface area contributed by atoms with Crippen molar-refractivity contribution in [2.75, 3.05) is 30.8 Å². The van der Waals surface area contributed by atoms with Crippen molar-refractivity contribution in [1.82, 2.24) is 4.57 Å². The summed E-state index contributed by atoms with van der Waals surface area (Å²) in [5.74, 6) is -0.712. The highest BCUT2D eigenvalue weighted by atomic mass is 32.2. The third-order valence-corrected chi connectivity index (χ3v) is 7.03. The van der Waals surface area contributed by atoms with E-state index in [1.54, 1.807) is 30.3 Å². The molecule has 0 bridgehead atoms. The molecule has 1 atom stereocenters. The summed E-state index contributed by atoms with van der Waals surface area (Å²) in [6.07, 6.45) is 2.15. The number of sulfonamides is 1. The molecule has 0 amide bonds. The number of carbonyl (C=O) groups is 2. The van der Waals surface area contributed by atoms with Gasteiger partial charge in [0.25, 0.3) is 0 Å². The van der Waals surface area contributed by atoms with Crippen LogP contribution in [0.1, 0.15) is 34.0 Å². The van der Waals surface area contributed by atoms with Crippen LogP contribution >= 0.6 is 0 Å². The van der Waals surface area contributed by atoms with Gasteiger partial charge in [0.15, 0.2) is 23.0 Å². The molecule has 2 aromatic carbocycles. The molecule has 176 valence electrons. The first-order valence-electron chi connectivity index (χ1n) is 10.7. The molecule has 2 aliphatic rings. The zero-order valence-corrected chi connectivity index (χ0v) is 19.1. The maximum atomic E-state index is 13.3. The molecular formula is C24H22N2O7S. The Morgan fingerprint density at radius 1 is 1.12 bits per heavy atom. The lowest BCUT2D eigenvalue weighted by Crippen LogP contribution is -2.23. The number of fused-ring (bicyclic) bond motifs is 4. The molecular weight excluding hydrogens is 460 g/mol. The van der Waals surface area contributed by atoms with E-state index in [1.807, 2.05) is 29.0 Å². The Morgan fingerprint density at radius 3 is 2.53 bits per heavy atom. The van der Waals surface area contributed by atoms with Gasteiger partial charge in [-0.25, -0.2) is 8.42 Å². The minimum atomic E-state index is -3.89. The number of nitrogens with one attached hydrogen (secondary N) is 1. The van der Waals surface area contributed by atoms with E-state index < -0.39 is 21.7 Å². The molecule has 34 heavy (non-hydrogen) atoms. The second-order valence-electron chi connectivity index (χ2n) is 8.06. The van der Waals surface area contributed by atoms with Crippen LogP contribution in [0.25, 0.3) is 5.69 Å². The Hall–Kier alpha value is -3.79. The first-order valence-corrected chi connectivity index (χ1v) is 12.3. The Balaban J connectivity index is 1.46. The minimum Gasteiger partial charge on any atom is -0.486 e. The number of hydrogen-bond donors (Lipinski definition) is 1. The van der Waals surface area contributed by atoms with Crippen LogP contribution in [0.15, 0.2) is 54.7 Å². The fourth-order valence-electron chi connectivity index (χ4n) is 4.30. The van der Waals surface area contributed by atoms with E-state index in [1.165, 1.54) is 0 Å². The molecule has 0 saturated carbocycles. The number of carbonyl (C=O) groups excluding carboxylic acids is 2. The van der Waals surface area contributed by atoms with E-state index in [9.17, 15) is 18.0 Å². The lowest BCUT2D eigenvalue weighted by atomic mass is 9.90. The van der Waals surface area contributed by atoms with Crippen molar-refractivity contribution in [3.8, 4) is 17.2 Å². The number of hydrogen-bond acceptors (Lipinski definition) is 7. The highest BCUT2D eigenvalue weighted by molar-refractivity contribution is 7.93. The third-order valence-electron chi connectivity index (χ3n) is 5.87. The molecule has 3 heterocycles. The topological polar surface area (TPSA) is 113 Å². The Kier molecular flexibility index (Phi) is 5.52. The molecule has 9 nitrogen and oxygen atoms in total. The lowest BCUT2D eigenvalue weighted by Gasteiger charge is -2.21. The first kappa shape index (κ1) is 22.0. The quantitative estimate of drug-likeness (QED) is 0.557. The maximum Gasteiger partial charge on any atom is 0.322 e. The van der Waals surface area contributed by atoms with E-state index in [4.69, 9.17) is 9.47 Å². The highest BCUT2D eigenvalue weighted by Gasteiger charge is 2.30. The number of aromatic nitrogens is 1. The van der Waals surface area contributed by atoms with Gasteiger partial charge in [-0.2, -0.15) is 0 Å². The van der Waals surface area contributed by atoms with E-state index in [0.717, 1.165) is 24.1 Å². The summed E-state index contributed by atoms with van der Waals surface area (Å²) in [7, 11) is -2.76. The number of rotatable bonds is 5. The molecule has 0 spiro atoms. The highest BCUT2D eigenvalue weighted by Crippen LogP contribution is 2.41. The fraction of sp³-hybridized carbons (Fsp3) is 0.250. The molecule has 3 aromatic rings. The van der Waals surface area contributed by atoms with Crippen molar-refractivity contribution in [3.05, 3.63) is 71.5 Å². The summed E-state index contributed by atoms with van der Waals surface area (Å²) in [6, 6.07) is 14.3. The van der Waals surface area contributed by atoms with E-state index >= 15 is 0 Å². The van der Waals surface area contributed by atoms with E-state index in [0.29, 0.717) is 36.0 Å². The van der Waals surface area contributed by atoms with Crippen LogP contribution in [0.4, 0.5) is 5.69 Å². The predicted molar refractivity (Wildman–Crippen MR) is 123 cm³/mol. The third kappa shape index (κ3) is 4.12. The van der Waals surface area contributed by atoms with Gasteiger partial charge < -0.3 is 18.8 Å². The summed E-state index contributed by atoms with van der Waals surface area (Å²) < 4.78 is 44.4. The van der Waals surface area contributed by atoms with Gasteiger partial charge in [0.1, 0.15) is 13.2 Å². The van der Waals surface area contributed by atoms with Gasteiger partial charge in [-0.1, -0.05) is 12.1 Å². The van der Waals surface area contributed by atoms with Gasteiger partial charge >= 0.3 is 5.97 Å². The molecule has 0 radical (unpaired) electrons.